The summed E-state index contributed by atoms with van der Waals surface area (Å²) in [5.74, 6) is -2.04. The van der Waals surface area contributed by atoms with Crippen molar-refractivity contribution in [3.63, 3.8) is 0 Å². The molecule has 14 nitrogen and oxygen atoms in total. The fourth-order valence-electron chi connectivity index (χ4n) is 5.19. The molecule has 1 aromatic carbocycles. The van der Waals surface area contributed by atoms with Gasteiger partial charge in [-0.1, -0.05) is 5.21 Å². The predicted molar refractivity (Wildman–Crippen MR) is 159 cm³/mol. The molecule has 2 amide bonds. The Morgan fingerprint density at radius 2 is 1.91 bits per heavy atom. The number of benzene rings is 1. The van der Waals surface area contributed by atoms with Crippen LogP contribution < -0.4 is 21.3 Å². The van der Waals surface area contributed by atoms with Crippen LogP contribution in [0, 0.1) is 0 Å². The lowest BCUT2D eigenvalue weighted by Crippen LogP contribution is -2.50. The first-order valence-corrected chi connectivity index (χ1v) is 14.6. The van der Waals surface area contributed by atoms with Gasteiger partial charge in [0.2, 0.25) is 5.95 Å². The van der Waals surface area contributed by atoms with E-state index >= 15 is 0 Å². The maximum atomic E-state index is 13.7. The Morgan fingerprint density at radius 1 is 1.13 bits per heavy atom. The number of rotatable bonds is 9. The summed E-state index contributed by atoms with van der Waals surface area (Å²) in [5, 5.41) is 13.5. The number of hydrogen-bond acceptors (Lipinski definition) is 11. The van der Waals surface area contributed by atoms with Crippen molar-refractivity contribution < 1.29 is 27.5 Å². The molecule has 0 radical (unpaired) electrons. The summed E-state index contributed by atoms with van der Waals surface area (Å²) in [6.45, 7) is 8.52. The van der Waals surface area contributed by atoms with Crippen LogP contribution in [0.4, 0.5) is 30.5 Å². The maximum Gasteiger partial charge on any atom is 0.434 e. The average molecular weight is 632 g/mol. The topological polar surface area (TPSA) is 160 Å². The zero-order valence-corrected chi connectivity index (χ0v) is 25.0. The molecule has 0 saturated carbocycles. The van der Waals surface area contributed by atoms with Gasteiger partial charge in [-0.05, 0) is 45.1 Å². The van der Waals surface area contributed by atoms with Gasteiger partial charge >= 0.3 is 6.18 Å². The van der Waals surface area contributed by atoms with Gasteiger partial charge in [-0.3, -0.25) is 14.5 Å². The van der Waals surface area contributed by atoms with Gasteiger partial charge in [0, 0.05) is 51.5 Å². The Morgan fingerprint density at radius 3 is 2.64 bits per heavy atom. The van der Waals surface area contributed by atoms with Gasteiger partial charge in [-0.25, -0.2) is 14.6 Å². The van der Waals surface area contributed by atoms with Gasteiger partial charge in [-0.2, -0.15) is 13.2 Å². The van der Waals surface area contributed by atoms with Crippen LogP contribution in [0.15, 0.2) is 30.6 Å². The highest BCUT2D eigenvalue weighted by molar-refractivity contribution is 6.07. The second kappa shape index (κ2) is 13.7. The second-order valence-electron chi connectivity index (χ2n) is 11.0. The monoisotopic (exact) mass is 631 g/mol. The maximum absolute atomic E-state index is 13.7. The number of likely N-dealkylation sites (N-methyl/N-ethyl adjacent to an activating group) is 1. The normalized spacial score (nSPS) is 18.2. The Labute approximate surface area is 257 Å². The molecule has 2 aliphatic rings. The molecule has 5 rings (SSSR count). The van der Waals surface area contributed by atoms with E-state index in [1.807, 2.05) is 11.9 Å². The van der Waals surface area contributed by atoms with Crippen molar-refractivity contribution in [1.29, 1.82) is 0 Å². The lowest BCUT2D eigenvalue weighted by atomic mass is 10.1. The van der Waals surface area contributed by atoms with Crippen LogP contribution in [0.2, 0.25) is 0 Å². The van der Waals surface area contributed by atoms with Crippen LogP contribution >= 0.6 is 0 Å². The molecule has 2 fully saturated rings. The lowest BCUT2D eigenvalue weighted by molar-refractivity contribution is -0.141. The van der Waals surface area contributed by atoms with E-state index in [4.69, 9.17) is 10.5 Å². The Balaban J connectivity index is 1.35. The quantitative estimate of drug-likeness (QED) is 0.294. The number of halogens is 3. The molecule has 4 N–H and O–H groups in total. The molecule has 2 aliphatic heterocycles. The first-order chi connectivity index (χ1) is 21.5. The fraction of sp³-hybridized carbons (Fsp3) is 0.500. The number of piperazine rings is 1. The van der Waals surface area contributed by atoms with E-state index in [2.05, 4.69) is 47.6 Å². The first-order valence-electron chi connectivity index (χ1n) is 14.6. The van der Waals surface area contributed by atoms with Crippen LogP contribution in [0.5, 0.6) is 0 Å². The van der Waals surface area contributed by atoms with Crippen molar-refractivity contribution in [1.82, 2.24) is 40.1 Å². The molecular formula is C28H36F3N11O3. The zero-order valence-electron chi connectivity index (χ0n) is 25.0. The van der Waals surface area contributed by atoms with E-state index in [1.165, 1.54) is 10.9 Å². The van der Waals surface area contributed by atoms with Crippen LogP contribution in [-0.2, 0) is 10.9 Å². The summed E-state index contributed by atoms with van der Waals surface area (Å²) in [5.41, 5.74) is 4.55. The third-order valence-electron chi connectivity index (χ3n) is 7.88. The Hall–Kier alpha value is -4.35. The standard InChI is InChI=1S/C28H36F3N11O3/c1-18-16-41(9-8-39(18)2)23-5-4-19(14-21(23)35-25(43)20-15-34-27(32)36-24(20)28(29,30)31)42-17-22(37-38-42)26(44)33-6-3-7-40-10-12-45-13-11-40/h4-5,14-15,17-18H,3,6-13,16H2,1-2H3,(H,33,44)(H,35,43)(H2,32,34,36)/t18-/m1/s1. The van der Waals surface area contributed by atoms with E-state index in [9.17, 15) is 22.8 Å². The Kier molecular flexibility index (Phi) is 9.79. The second-order valence-corrected chi connectivity index (χ2v) is 11.0. The highest BCUT2D eigenvalue weighted by Gasteiger charge is 2.38. The Bertz CT molecular complexity index is 1510. The molecule has 0 spiro atoms. The van der Waals surface area contributed by atoms with Crippen molar-refractivity contribution in [3.05, 3.63) is 47.5 Å². The minimum absolute atomic E-state index is 0.0952. The summed E-state index contributed by atoms with van der Waals surface area (Å²) in [6, 6.07) is 5.25. The average Bonchev–Trinajstić information content (AvgIpc) is 3.51. The zero-order chi connectivity index (χ0) is 32.1. The van der Waals surface area contributed by atoms with Crippen LogP contribution in [0.1, 0.15) is 39.9 Å². The first kappa shape index (κ1) is 32.1. The molecule has 0 unspecified atom stereocenters. The summed E-state index contributed by atoms with van der Waals surface area (Å²) < 4.78 is 47.9. The summed E-state index contributed by atoms with van der Waals surface area (Å²) in [6.07, 6.45) is -1.96. The number of anilines is 3. The number of ether oxygens (including phenoxy) is 1. The number of carbonyl (C=O) groups excluding carboxylic acids is 2. The van der Waals surface area contributed by atoms with Crippen LogP contribution in [0.3, 0.4) is 0 Å². The molecule has 242 valence electrons. The van der Waals surface area contributed by atoms with Crippen molar-refractivity contribution >= 4 is 29.1 Å². The number of aromatic nitrogens is 5. The number of nitrogen functional groups attached to an aromatic ring is 1. The van der Waals surface area contributed by atoms with Gasteiger partial charge < -0.3 is 30.9 Å². The van der Waals surface area contributed by atoms with Crippen LogP contribution in [0.25, 0.3) is 5.69 Å². The van der Waals surface area contributed by atoms with E-state index in [1.54, 1.807) is 18.2 Å². The van der Waals surface area contributed by atoms with Gasteiger partial charge in [0.15, 0.2) is 11.4 Å². The van der Waals surface area contributed by atoms with Gasteiger partial charge in [0.25, 0.3) is 11.8 Å². The number of morpholine rings is 1. The third-order valence-corrected chi connectivity index (χ3v) is 7.88. The van der Waals surface area contributed by atoms with E-state index in [0.717, 1.165) is 38.8 Å². The number of hydrogen-bond donors (Lipinski definition) is 3. The third kappa shape index (κ3) is 7.84. The molecule has 4 heterocycles. The highest BCUT2D eigenvalue weighted by Crippen LogP contribution is 2.33. The van der Waals surface area contributed by atoms with E-state index in [0.29, 0.717) is 44.2 Å². The number of amides is 2. The lowest BCUT2D eigenvalue weighted by Gasteiger charge is -2.39. The molecule has 1 atom stereocenters. The number of nitrogens with two attached hydrogens (primary N) is 1. The van der Waals surface area contributed by atoms with Crippen LogP contribution in [-0.4, -0.2) is 119 Å². The van der Waals surface area contributed by atoms with Crippen molar-refractivity contribution in [3.8, 4) is 5.69 Å². The van der Waals surface area contributed by atoms with Crippen molar-refractivity contribution in [2.24, 2.45) is 0 Å². The predicted octanol–water partition coefficient (Wildman–Crippen LogP) is 1.50. The van der Waals surface area contributed by atoms with Gasteiger partial charge in [-0.15, -0.1) is 5.10 Å². The number of nitrogens with one attached hydrogen (secondary N) is 2. The highest BCUT2D eigenvalue weighted by atomic mass is 19.4. The summed E-state index contributed by atoms with van der Waals surface area (Å²) in [4.78, 5) is 39.4. The fourth-order valence-corrected chi connectivity index (χ4v) is 5.19. The molecule has 45 heavy (non-hydrogen) atoms. The molecular weight excluding hydrogens is 595 g/mol. The molecule has 0 bridgehead atoms. The number of alkyl halides is 3. The molecule has 2 aromatic heterocycles. The van der Waals surface area contributed by atoms with Gasteiger partial charge in [0.1, 0.15) is 0 Å². The van der Waals surface area contributed by atoms with E-state index < -0.39 is 29.3 Å². The largest absolute Gasteiger partial charge is 0.434 e. The summed E-state index contributed by atoms with van der Waals surface area (Å²) in [7, 11) is 2.01. The van der Waals surface area contributed by atoms with Gasteiger partial charge in [0.05, 0.1) is 42.0 Å². The van der Waals surface area contributed by atoms with Crippen molar-refractivity contribution in [2.75, 3.05) is 82.0 Å². The summed E-state index contributed by atoms with van der Waals surface area (Å²) >= 11 is 0. The SMILES string of the molecule is C[C@@H]1CN(c2ccc(-n3cc(C(=O)NCCCN4CCOCC4)nn3)cc2NC(=O)c2cnc(N)nc2C(F)(F)F)CCN1C. The number of carbonyl (C=O) groups is 2. The molecule has 17 heteroatoms. The minimum Gasteiger partial charge on any atom is -0.379 e. The number of nitrogens with zero attached hydrogens (tertiary/aromatic N) is 8. The minimum atomic E-state index is -4.93. The molecule has 0 aliphatic carbocycles. The van der Waals surface area contributed by atoms with Crippen molar-refractivity contribution in [2.45, 2.75) is 25.6 Å². The molecule has 3 aromatic rings. The van der Waals surface area contributed by atoms with E-state index in [-0.39, 0.29) is 23.3 Å². The smallest absolute Gasteiger partial charge is 0.379 e. The molecule has 2 saturated heterocycles.